The number of amides is 1. The predicted octanol–water partition coefficient (Wildman–Crippen LogP) is 0.774. The van der Waals surface area contributed by atoms with E-state index in [1.54, 1.807) is 12.5 Å². The second-order valence-corrected chi connectivity index (χ2v) is 4.27. The highest BCUT2D eigenvalue weighted by Gasteiger charge is 2.11. The summed E-state index contributed by atoms with van der Waals surface area (Å²) < 4.78 is 1.97. The van der Waals surface area contributed by atoms with Crippen LogP contribution < -0.4 is 5.32 Å². The molecule has 7 heteroatoms. The lowest BCUT2D eigenvalue weighted by molar-refractivity contribution is 0.0942. The first-order chi connectivity index (χ1) is 9.29. The second-order valence-electron chi connectivity index (χ2n) is 4.27. The van der Waals surface area contributed by atoms with Crippen LogP contribution >= 0.6 is 0 Å². The minimum absolute atomic E-state index is 0.214. The van der Waals surface area contributed by atoms with Crippen LogP contribution in [-0.2, 0) is 13.0 Å². The van der Waals surface area contributed by atoms with Gasteiger partial charge in [-0.3, -0.25) is 9.89 Å². The van der Waals surface area contributed by atoms with Crippen molar-refractivity contribution in [1.82, 2.24) is 30.0 Å². The molecule has 0 radical (unpaired) electrons. The Labute approximate surface area is 111 Å². The van der Waals surface area contributed by atoms with Gasteiger partial charge in [-0.1, -0.05) is 6.92 Å². The van der Waals surface area contributed by atoms with Crippen LogP contribution in [0.1, 0.15) is 36.2 Å². The summed E-state index contributed by atoms with van der Waals surface area (Å²) in [6.45, 7) is 3.47. The van der Waals surface area contributed by atoms with Crippen molar-refractivity contribution < 1.29 is 4.79 Å². The van der Waals surface area contributed by atoms with Crippen LogP contribution in [-0.4, -0.2) is 37.2 Å². The molecule has 0 unspecified atom stereocenters. The van der Waals surface area contributed by atoms with Crippen LogP contribution in [0.3, 0.4) is 0 Å². The smallest absolute Gasteiger partial charge is 0.290 e. The molecule has 0 fully saturated rings. The molecule has 0 spiro atoms. The molecule has 0 aliphatic rings. The molecule has 0 atom stereocenters. The summed E-state index contributed by atoms with van der Waals surface area (Å²) in [6.07, 6.45) is 8.01. The molecule has 0 bridgehead atoms. The number of rotatable bonds is 7. The summed E-state index contributed by atoms with van der Waals surface area (Å²) in [6, 6.07) is 0. The fourth-order valence-electron chi connectivity index (χ4n) is 1.71. The van der Waals surface area contributed by atoms with Gasteiger partial charge in [-0.15, -0.1) is 5.10 Å². The Hall–Kier alpha value is -2.18. The highest BCUT2D eigenvalue weighted by molar-refractivity contribution is 5.90. The van der Waals surface area contributed by atoms with Gasteiger partial charge in [-0.05, 0) is 12.8 Å². The molecular weight excluding hydrogens is 244 g/mol. The summed E-state index contributed by atoms with van der Waals surface area (Å²) >= 11 is 0. The predicted molar refractivity (Wildman–Crippen MR) is 69.6 cm³/mol. The van der Waals surface area contributed by atoms with Crippen molar-refractivity contribution in [2.24, 2.45) is 0 Å². The number of aromatic nitrogens is 5. The van der Waals surface area contributed by atoms with E-state index in [-0.39, 0.29) is 11.7 Å². The van der Waals surface area contributed by atoms with Crippen molar-refractivity contribution in [3.63, 3.8) is 0 Å². The highest BCUT2D eigenvalue weighted by Crippen LogP contribution is 1.96. The summed E-state index contributed by atoms with van der Waals surface area (Å²) in [7, 11) is 0. The molecule has 0 aliphatic heterocycles. The van der Waals surface area contributed by atoms with E-state index in [0.29, 0.717) is 6.54 Å². The Morgan fingerprint density at radius 2 is 2.42 bits per heavy atom. The van der Waals surface area contributed by atoms with Crippen molar-refractivity contribution in [1.29, 1.82) is 0 Å². The number of aryl methyl sites for hydroxylation is 2. The zero-order valence-electron chi connectivity index (χ0n) is 11.0. The van der Waals surface area contributed by atoms with Gasteiger partial charge in [0.25, 0.3) is 5.91 Å². The zero-order chi connectivity index (χ0) is 13.5. The summed E-state index contributed by atoms with van der Waals surface area (Å²) in [5, 5.41) is 9.47. The number of aromatic amines is 1. The summed E-state index contributed by atoms with van der Waals surface area (Å²) in [5.74, 6) is 0.737. The van der Waals surface area contributed by atoms with Gasteiger partial charge < -0.3 is 9.88 Å². The van der Waals surface area contributed by atoms with Crippen molar-refractivity contribution in [2.45, 2.75) is 32.7 Å². The SMILES string of the molecule is CCCc1nc(C(=O)NCCCn2ccnc2)n[nH]1. The lowest BCUT2D eigenvalue weighted by Gasteiger charge is -2.03. The average molecular weight is 262 g/mol. The van der Waals surface area contributed by atoms with E-state index in [4.69, 9.17) is 0 Å². The lowest BCUT2D eigenvalue weighted by Crippen LogP contribution is -2.26. The van der Waals surface area contributed by atoms with Gasteiger partial charge in [0, 0.05) is 31.9 Å². The van der Waals surface area contributed by atoms with E-state index in [2.05, 4.69) is 32.4 Å². The number of nitrogens with zero attached hydrogens (tertiary/aromatic N) is 4. The number of nitrogens with one attached hydrogen (secondary N) is 2. The Morgan fingerprint density at radius 3 is 3.16 bits per heavy atom. The number of carbonyl (C=O) groups excluding carboxylic acids is 1. The van der Waals surface area contributed by atoms with E-state index in [1.165, 1.54) is 0 Å². The molecular formula is C12H18N6O. The first kappa shape index (κ1) is 13.3. The maximum Gasteiger partial charge on any atom is 0.290 e. The van der Waals surface area contributed by atoms with Crippen LogP contribution in [0.5, 0.6) is 0 Å². The Morgan fingerprint density at radius 1 is 1.53 bits per heavy atom. The van der Waals surface area contributed by atoms with Crippen LogP contribution in [0.4, 0.5) is 0 Å². The number of H-pyrrole nitrogens is 1. The highest BCUT2D eigenvalue weighted by atomic mass is 16.2. The zero-order valence-corrected chi connectivity index (χ0v) is 11.0. The fraction of sp³-hybridized carbons (Fsp3) is 0.500. The first-order valence-corrected chi connectivity index (χ1v) is 6.45. The first-order valence-electron chi connectivity index (χ1n) is 6.45. The maximum absolute atomic E-state index is 11.7. The van der Waals surface area contributed by atoms with Crippen molar-refractivity contribution in [3.8, 4) is 0 Å². The number of carbonyl (C=O) groups is 1. The van der Waals surface area contributed by atoms with Gasteiger partial charge in [0.05, 0.1) is 6.33 Å². The quantitative estimate of drug-likeness (QED) is 0.721. The Bertz CT molecular complexity index is 504. The molecule has 19 heavy (non-hydrogen) atoms. The van der Waals surface area contributed by atoms with E-state index < -0.39 is 0 Å². The molecule has 2 aromatic rings. The van der Waals surface area contributed by atoms with Crippen molar-refractivity contribution >= 4 is 5.91 Å². The third-order valence-corrected chi connectivity index (χ3v) is 2.66. The molecule has 0 aliphatic carbocycles. The Balaban J connectivity index is 1.71. The van der Waals surface area contributed by atoms with Crippen LogP contribution in [0.15, 0.2) is 18.7 Å². The molecule has 0 saturated heterocycles. The molecule has 1 amide bonds. The number of hydrogen-bond acceptors (Lipinski definition) is 4. The minimum Gasteiger partial charge on any atom is -0.349 e. The molecule has 0 aromatic carbocycles. The molecule has 102 valence electrons. The van der Waals surface area contributed by atoms with Gasteiger partial charge in [-0.25, -0.2) is 9.97 Å². The fourth-order valence-corrected chi connectivity index (χ4v) is 1.71. The van der Waals surface area contributed by atoms with Crippen LogP contribution in [0.25, 0.3) is 0 Å². The molecule has 2 heterocycles. The van der Waals surface area contributed by atoms with Gasteiger partial charge in [0.15, 0.2) is 0 Å². The van der Waals surface area contributed by atoms with Crippen LogP contribution in [0, 0.1) is 0 Å². The average Bonchev–Trinajstić information content (AvgIpc) is 3.06. The van der Waals surface area contributed by atoms with E-state index >= 15 is 0 Å². The van der Waals surface area contributed by atoms with E-state index in [0.717, 1.165) is 31.6 Å². The van der Waals surface area contributed by atoms with Crippen LogP contribution in [0.2, 0.25) is 0 Å². The van der Waals surface area contributed by atoms with E-state index in [9.17, 15) is 4.79 Å². The van der Waals surface area contributed by atoms with Gasteiger partial charge in [0.2, 0.25) is 5.82 Å². The molecule has 7 nitrogen and oxygen atoms in total. The maximum atomic E-state index is 11.7. The lowest BCUT2D eigenvalue weighted by atomic mass is 10.3. The third-order valence-electron chi connectivity index (χ3n) is 2.66. The van der Waals surface area contributed by atoms with Crippen molar-refractivity contribution in [3.05, 3.63) is 30.4 Å². The molecule has 2 rings (SSSR count). The van der Waals surface area contributed by atoms with Gasteiger partial charge in [0.1, 0.15) is 5.82 Å². The molecule has 2 aromatic heterocycles. The number of imidazole rings is 1. The monoisotopic (exact) mass is 262 g/mol. The standard InChI is InChI=1S/C12H18N6O/c1-2-4-10-15-11(17-16-10)12(19)14-5-3-7-18-8-6-13-9-18/h6,8-9H,2-5,7H2,1H3,(H,14,19)(H,15,16,17). The van der Waals surface area contributed by atoms with Gasteiger partial charge >= 0.3 is 0 Å². The number of hydrogen-bond donors (Lipinski definition) is 2. The normalized spacial score (nSPS) is 10.6. The topological polar surface area (TPSA) is 88.5 Å². The Kier molecular flexibility index (Phi) is 4.66. The molecule has 2 N–H and O–H groups in total. The third kappa shape index (κ3) is 3.90. The largest absolute Gasteiger partial charge is 0.349 e. The second kappa shape index (κ2) is 6.67. The molecule has 0 saturated carbocycles. The summed E-state index contributed by atoms with van der Waals surface area (Å²) in [4.78, 5) is 19.8. The van der Waals surface area contributed by atoms with Crippen molar-refractivity contribution in [2.75, 3.05) is 6.54 Å². The van der Waals surface area contributed by atoms with Gasteiger partial charge in [-0.2, -0.15) is 0 Å². The summed E-state index contributed by atoms with van der Waals surface area (Å²) in [5.41, 5.74) is 0. The minimum atomic E-state index is -0.232. The van der Waals surface area contributed by atoms with E-state index in [1.807, 2.05) is 10.8 Å².